The highest BCUT2D eigenvalue weighted by molar-refractivity contribution is 5.70. The molecule has 0 saturated carbocycles. The highest BCUT2D eigenvalue weighted by Crippen LogP contribution is 2.16. The van der Waals surface area contributed by atoms with E-state index >= 15 is 0 Å². The fraction of sp³-hybridized carbons (Fsp3) is 0.235. The molecular weight excluding hydrogens is 252 g/mol. The van der Waals surface area contributed by atoms with Crippen LogP contribution in [0.2, 0.25) is 0 Å². The number of carboxylic acids is 1. The number of hydrogen-bond acceptors (Lipinski definition) is 2. The highest BCUT2D eigenvalue weighted by Gasteiger charge is 2.18. The van der Waals surface area contributed by atoms with Crippen LogP contribution in [0.1, 0.15) is 16.7 Å². The summed E-state index contributed by atoms with van der Waals surface area (Å²) in [6, 6.07) is 17.1. The molecule has 2 aromatic carbocycles. The number of rotatable bonds is 6. The van der Waals surface area contributed by atoms with Gasteiger partial charge in [-0.2, -0.15) is 0 Å². The minimum atomic E-state index is -0.778. The zero-order valence-electron chi connectivity index (χ0n) is 11.2. The number of hydrogen-bond donors (Lipinski definition) is 2. The van der Waals surface area contributed by atoms with Gasteiger partial charge in [-0.1, -0.05) is 54.6 Å². The molecule has 3 heteroatoms. The molecular formula is C17H18O3. The largest absolute Gasteiger partial charge is 0.481 e. The van der Waals surface area contributed by atoms with Crippen molar-refractivity contribution in [3.63, 3.8) is 0 Å². The number of carbonyl (C=O) groups is 1. The monoisotopic (exact) mass is 270 g/mol. The van der Waals surface area contributed by atoms with Gasteiger partial charge < -0.3 is 10.2 Å². The zero-order chi connectivity index (χ0) is 14.4. The third-order valence-electron chi connectivity index (χ3n) is 3.36. The SMILES string of the molecule is O=C(O)C(Cc1ccccc1)Cc1ccc(CO)cc1. The lowest BCUT2D eigenvalue weighted by Crippen LogP contribution is -2.19. The molecule has 0 aliphatic carbocycles. The van der Waals surface area contributed by atoms with Gasteiger partial charge in [-0.15, -0.1) is 0 Å². The first-order valence-corrected chi connectivity index (χ1v) is 6.64. The van der Waals surface area contributed by atoms with Crippen LogP contribution in [0.3, 0.4) is 0 Å². The van der Waals surface area contributed by atoms with E-state index in [1.165, 1.54) is 0 Å². The smallest absolute Gasteiger partial charge is 0.307 e. The lowest BCUT2D eigenvalue weighted by Gasteiger charge is -2.13. The standard InChI is InChI=1S/C17H18O3/c18-12-15-8-6-14(7-9-15)11-16(17(19)20)10-13-4-2-1-3-5-13/h1-9,16,18H,10-12H2,(H,19,20). The summed E-state index contributed by atoms with van der Waals surface area (Å²) in [6.45, 7) is 0.00660. The number of carboxylic acid groups (broad SMARTS) is 1. The summed E-state index contributed by atoms with van der Waals surface area (Å²) in [4.78, 5) is 11.4. The maximum Gasteiger partial charge on any atom is 0.307 e. The van der Waals surface area contributed by atoms with Crippen molar-refractivity contribution >= 4 is 5.97 Å². The van der Waals surface area contributed by atoms with E-state index in [0.29, 0.717) is 12.8 Å². The Bertz CT molecular complexity index is 546. The van der Waals surface area contributed by atoms with Crippen LogP contribution in [-0.4, -0.2) is 16.2 Å². The van der Waals surface area contributed by atoms with Gasteiger partial charge in [-0.3, -0.25) is 4.79 Å². The van der Waals surface area contributed by atoms with Crippen LogP contribution in [0, 0.1) is 5.92 Å². The molecule has 0 fully saturated rings. The van der Waals surface area contributed by atoms with Crippen molar-refractivity contribution in [2.75, 3.05) is 0 Å². The molecule has 1 unspecified atom stereocenters. The first-order chi connectivity index (χ1) is 9.69. The summed E-state index contributed by atoms with van der Waals surface area (Å²) in [5, 5.41) is 18.4. The molecule has 2 aromatic rings. The van der Waals surface area contributed by atoms with Crippen molar-refractivity contribution in [3.05, 3.63) is 71.3 Å². The Hall–Kier alpha value is -2.13. The third-order valence-corrected chi connectivity index (χ3v) is 3.36. The summed E-state index contributed by atoms with van der Waals surface area (Å²) in [6.07, 6.45) is 1.02. The first kappa shape index (κ1) is 14.3. The first-order valence-electron chi connectivity index (χ1n) is 6.64. The summed E-state index contributed by atoms with van der Waals surface area (Å²) in [5.41, 5.74) is 2.85. The topological polar surface area (TPSA) is 57.5 Å². The zero-order valence-corrected chi connectivity index (χ0v) is 11.2. The van der Waals surface area contributed by atoms with Crippen LogP contribution in [-0.2, 0) is 24.2 Å². The Balaban J connectivity index is 2.07. The van der Waals surface area contributed by atoms with Crippen molar-refractivity contribution in [3.8, 4) is 0 Å². The average Bonchev–Trinajstić information content (AvgIpc) is 2.48. The lowest BCUT2D eigenvalue weighted by molar-refractivity contribution is -0.141. The van der Waals surface area contributed by atoms with Crippen molar-refractivity contribution in [2.24, 2.45) is 5.92 Å². The molecule has 2 N–H and O–H groups in total. The van der Waals surface area contributed by atoms with Crippen LogP contribution in [0.15, 0.2) is 54.6 Å². The van der Waals surface area contributed by atoms with Crippen LogP contribution in [0.25, 0.3) is 0 Å². The summed E-state index contributed by atoms with van der Waals surface area (Å²) in [5.74, 6) is -1.21. The number of benzene rings is 2. The number of aliphatic hydroxyl groups is 1. The number of aliphatic hydroxyl groups excluding tert-OH is 1. The molecule has 0 aliphatic rings. The van der Waals surface area contributed by atoms with Crippen LogP contribution >= 0.6 is 0 Å². The average molecular weight is 270 g/mol. The van der Waals surface area contributed by atoms with Gasteiger partial charge in [0.1, 0.15) is 0 Å². The van der Waals surface area contributed by atoms with Crippen LogP contribution in [0.5, 0.6) is 0 Å². The molecule has 0 radical (unpaired) electrons. The number of aliphatic carboxylic acids is 1. The summed E-state index contributed by atoms with van der Waals surface area (Å²) in [7, 11) is 0. The van der Waals surface area contributed by atoms with E-state index in [0.717, 1.165) is 16.7 Å². The molecule has 0 aromatic heterocycles. The summed E-state index contributed by atoms with van der Waals surface area (Å²) < 4.78 is 0. The fourth-order valence-electron chi connectivity index (χ4n) is 2.21. The Labute approximate surface area is 118 Å². The minimum Gasteiger partial charge on any atom is -0.481 e. The molecule has 0 bridgehead atoms. The van der Waals surface area contributed by atoms with Crippen molar-refractivity contribution in [2.45, 2.75) is 19.4 Å². The van der Waals surface area contributed by atoms with Gasteiger partial charge in [0.15, 0.2) is 0 Å². The second kappa shape index (κ2) is 6.87. The predicted molar refractivity (Wildman–Crippen MR) is 77.3 cm³/mol. The van der Waals surface area contributed by atoms with E-state index in [9.17, 15) is 9.90 Å². The van der Waals surface area contributed by atoms with Crippen molar-refractivity contribution in [1.82, 2.24) is 0 Å². The quantitative estimate of drug-likeness (QED) is 0.848. The van der Waals surface area contributed by atoms with Crippen LogP contribution < -0.4 is 0 Å². The van der Waals surface area contributed by atoms with E-state index in [4.69, 9.17) is 5.11 Å². The second-order valence-electron chi connectivity index (χ2n) is 4.90. The molecule has 1 atom stereocenters. The van der Waals surface area contributed by atoms with Gasteiger partial charge in [-0.25, -0.2) is 0 Å². The third kappa shape index (κ3) is 3.93. The molecule has 0 aliphatic heterocycles. The molecule has 20 heavy (non-hydrogen) atoms. The van der Waals surface area contributed by atoms with Crippen molar-refractivity contribution < 1.29 is 15.0 Å². The second-order valence-corrected chi connectivity index (χ2v) is 4.90. The van der Waals surface area contributed by atoms with E-state index in [-0.39, 0.29) is 6.61 Å². The molecule has 0 amide bonds. The van der Waals surface area contributed by atoms with Gasteiger partial charge >= 0.3 is 5.97 Å². The molecule has 0 spiro atoms. The Morgan fingerprint density at radius 1 is 0.850 bits per heavy atom. The highest BCUT2D eigenvalue weighted by atomic mass is 16.4. The maximum atomic E-state index is 11.4. The Morgan fingerprint density at radius 2 is 1.35 bits per heavy atom. The molecule has 104 valence electrons. The van der Waals surface area contributed by atoms with E-state index < -0.39 is 11.9 Å². The van der Waals surface area contributed by atoms with Crippen molar-refractivity contribution in [1.29, 1.82) is 0 Å². The van der Waals surface area contributed by atoms with Gasteiger partial charge in [0.05, 0.1) is 12.5 Å². The molecule has 3 nitrogen and oxygen atoms in total. The minimum absolute atomic E-state index is 0.00660. The summed E-state index contributed by atoms with van der Waals surface area (Å²) >= 11 is 0. The molecule has 0 heterocycles. The van der Waals surface area contributed by atoms with Gasteiger partial charge in [0.25, 0.3) is 0 Å². The predicted octanol–water partition coefficient (Wildman–Crippen LogP) is 2.66. The Morgan fingerprint density at radius 3 is 1.85 bits per heavy atom. The normalized spacial score (nSPS) is 12.1. The van der Waals surface area contributed by atoms with Gasteiger partial charge in [0.2, 0.25) is 0 Å². The molecule has 0 saturated heterocycles. The van der Waals surface area contributed by atoms with Gasteiger partial charge in [-0.05, 0) is 29.5 Å². The fourth-order valence-corrected chi connectivity index (χ4v) is 2.21. The maximum absolute atomic E-state index is 11.4. The van der Waals surface area contributed by atoms with E-state index in [2.05, 4.69) is 0 Å². The van der Waals surface area contributed by atoms with Gasteiger partial charge in [0, 0.05) is 0 Å². The Kier molecular flexibility index (Phi) is 4.91. The van der Waals surface area contributed by atoms with E-state index in [1.807, 2.05) is 54.6 Å². The molecule has 2 rings (SSSR count). The lowest BCUT2D eigenvalue weighted by atomic mass is 9.92. The van der Waals surface area contributed by atoms with E-state index in [1.54, 1.807) is 0 Å². The van der Waals surface area contributed by atoms with Crippen LogP contribution in [0.4, 0.5) is 0 Å².